The molecule has 0 fully saturated rings. The number of fused-ring (bicyclic) bond motifs is 1. The number of anilines is 3. The highest BCUT2D eigenvalue weighted by molar-refractivity contribution is 5.97. The number of amides is 2. The average molecular weight is 723 g/mol. The summed E-state index contributed by atoms with van der Waals surface area (Å²) in [6, 6.07) is 5.30. The molecule has 17 nitrogen and oxygen atoms in total. The highest BCUT2D eigenvalue weighted by atomic mass is 16.5. The number of aromatic nitrogens is 4. The van der Waals surface area contributed by atoms with E-state index in [-0.39, 0.29) is 42.8 Å². The molecule has 0 radical (unpaired) electrons. The van der Waals surface area contributed by atoms with Crippen molar-refractivity contribution in [2.75, 3.05) is 36.6 Å². The maximum atomic E-state index is 13.0. The highest BCUT2D eigenvalue weighted by Crippen LogP contribution is 2.21. The van der Waals surface area contributed by atoms with Crippen molar-refractivity contribution in [2.45, 2.75) is 91.0 Å². The average Bonchev–Trinajstić information content (AvgIpc) is 3.09. The van der Waals surface area contributed by atoms with Crippen molar-refractivity contribution in [3.63, 3.8) is 0 Å². The van der Waals surface area contributed by atoms with Gasteiger partial charge in [-0.25, -0.2) is 20.6 Å². The van der Waals surface area contributed by atoms with Gasteiger partial charge in [-0.05, 0) is 76.6 Å². The van der Waals surface area contributed by atoms with E-state index in [1.165, 1.54) is 11.2 Å². The van der Waals surface area contributed by atoms with Gasteiger partial charge in [0.2, 0.25) is 11.9 Å². The number of carbonyl (C=O) groups is 3. The number of nitrogens with one attached hydrogen (secondary N) is 2. The molecule has 3 aromatic rings. The van der Waals surface area contributed by atoms with Crippen molar-refractivity contribution in [2.24, 2.45) is 17.5 Å². The topological polar surface area (TPSA) is 267 Å². The predicted molar refractivity (Wildman–Crippen MR) is 200 cm³/mol. The Morgan fingerprint density at radius 2 is 1.73 bits per heavy atom. The minimum Gasteiger partial charge on any atom is -0.480 e. The van der Waals surface area contributed by atoms with Crippen LogP contribution in [0.1, 0.15) is 82.8 Å². The van der Waals surface area contributed by atoms with E-state index in [1.807, 2.05) is 25.8 Å². The summed E-state index contributed by atoms with van der Waals surface area (Å²) in [5.74, 6) is 4.88. The van der Waals surface area contributed by atoms with Gasteiger partial charge in [-0.15, -0.1) is 0 Å². The Balaban J connectivity index is 1.48. The van der Waals surface area contributed by atoms with E-state index in [2.05, 4.69) is 51.3 Å². The summed E-state index contributed by atoms with van der Waals surface area (Å²) in [6.45, 7) is 11.3. The van der Waals surface area contributed by atoms with Crippen LogP contribution in [0.3, 0.4) is 0 Å². The van der Waals surface area contributed by atoms with Gasteiger partial charge in [-0.1, -0.05) is 13.8 Å². The van der Waals surface area contributed by atoms with Gasteiger partial charge in [0.1, 0.15) is 6.04 Å². The second-order valence-electron chi connectivity index (χ2n) is 13.8. The Hall–Kier alpha value is -5.29. The van der Waals surface area contributed by atoms with Crippen LogP contribution in [0.2, 0.25) is 0 Å². The van der Waals surface area contributed by atoms with E-state index < -0.39 is 29.4 Å². The first-order chi connectivity index (χ1) is 24.5. The lowest BCUT2D eigenvalue weighted by Crippen LogP contribution is -2.51. The van der Waals surface area contributed by atoms with Gasteiger partial charge in [0.05, 0.1) is 42.3 Å². The molecule has 0 saturated heterocycles. The zero-order valence-corrected chi connectivity index (χ0v) is 30.9. The molecular weight excluding hydrogens is 668 g/mol. The smallest absolute Gasteiger partial charge is 0.326 e. The van der Waals surface area contributed by atoms with Gasteiger partial charge < -0.3 is 47.6 Å². The molecule has 17 heteroatoms. The van der Waals surface area contributed by atoms with Crippen LogP contribution >= 0.6 is 0 Å². The molecule has 0 aliphatic heterocycles. The van der Waals surface area contributed by atoms with Crippen LogP contribution in [0.4, 0.5) is 17.5 Å². The largest absolute Gasteiger partial charge is 0.480 e. The lowest BCUT2D eigenvalue weighted by atomic mass is 9.99. The number of hydrazine groups is 1. The Labute approximate surface area is 304 Å². The molecular formula is C35H54N12O5. The number of benzene rings is 1. The molecule has 0 bridgehead atoms. The zero-order chi connectivity index (χ0) is 38.6. The van der Waals surface area contributed by atoms with Crippen molar-refractivity contribution in [1.29, 1.82) is 0 Å². The zero-order valence-electron chi connectivity index (χ0n) is 30.9. The first kappa shape index (κ1) is 41.1. The highest BCUT2D eigenvalue weighted by Gasteiger charge is 2.27. The van der Waals surface area contributed by atoms with Gasteiger partial charge in [0.25, 0.3) is 5.91 Å². The molecule has 0 saturated carbocycles. The fraction of sp³-hybridized carbons (Fsp3) is 0.514. The fourth-order valence-electron chi connectivity index (χ4n) is 5.21. The Morgan fingerprint density at radius 1 is 1.04 bits per heavy atom. The minimum absolute atomic E-state index is 0.0113. The molecule has 2 amide bonds. The molecule has 3 rings (SSSR count). The number of hydrogen-bond donors (Lipinski definition) is 7. The summed E-state index contributed by atoms with van der Waals surface area (Å²) in [6.07, 6.45) is 5.46. The summed E-state index contributed by atoms with van der Waals surface area (Å²) in [5.41, 5.74) is 19.6. The van der Waals surface area contributed by atoms with Crippen LogP contribution in [0.5, 0.6) is 0 Å². The molecule has 284 valence electrons. The van der Waals surface area contributed by atoms with Gasteiger partial charge in [0, 0.05) is 37.5 Å². The third kappa shape index (κ3) is 12.2. The van der Waals surface area contributed by atoms with Gasteiger partial charge in [-0.3, -0.25) is 9.59 Å². The predicted octanol–water partition coefficient (Wildman–Crippen LogP) is 2.29. The number of carboxylic acids is 1. The first-order valence-corrected chi connectivity index (χ1v) is 17.2. The van der Waals surface area contributed by atoms with E-state index in [0.29, 0.717) is 48.0 Å². The molecule has 2 aromatic heterocycles. The maximum Gasteiger partial charge on any atom is 0.326 e. The quantitative estimate of drug-likeness (QED) is 0.0651. The number of aliphatic carboxylic acids is 1. The number of carboxylic acid groups (broad SMARTS) is 1. The summed E-state index contributed by atoms with van der Waals surface area (Å²) in [4.78, 5) is 56.2. The van der Waals surface area contributed by atoms with Gasteiger partial charge >= 0.3 is 5.97 Å². The molecule has 52 heavy (non-hydrogen) atoms. The SMILES string of the molecule is CC(C)CCC(C)OCCC(C)(C)N(N)/C(=C\N)CNC(=O)CCC(NC(=O)c1ccc(N(C)Cc2cnc3nc(N)nc(N)c3n2)cc1)C(=O)O. The molecule has 2 unspecified atom stereocenters. The molecule has 2 atom stereocenters. The number of hydrogen-bond acceptors (Lipinski definition) is 14. The number of carbonyl (C=O) groups excluding carboxylic acids is 2. The minimum atomic E-state index is -1.30. The van der Waals surface area contributed by atoms with Crippen LogP contribution in [-0.4, -0.2) is 85.7 Å². The summed E-state index contributed by atoms with van der Waals surface area (Å²) >= 11 is 0. The summed E-state index contributed by atoms with van der Waals surface area (Å²) < 4.78 is 5.97. The van der Waals surface area contributed by atoms with E-state index in [4.69, 9.17) is 27.8 Å². The Morgan fingerprint density at radius 3 is 2.37 bits per heavy atom. The Bertz CT molecular complexity index is 1700. The summed E-state index contributed by atoms with van der Waals surface area (Å²) in [7, 11) is 1.83. The van der Waals surface area contributed by atoms with Gasteiger partial charge in [-0.2, -0.15) is 9.97 Å². The van der Waals surface area contributed by atoms with Crippen molar-refractivity contribution in [1.82, 2.24) is 35.6 Å². The maximum absolute atomic E-state index is 13.0. The molecule has 0 aliphatic carbocycles. The number of nitrogens with two attached hydrogens (primary N) is 4. The van der Waals surface area contributed by atoms with Crippen LogP contribution in [0, 0.1) is 5.92 Å². The third-order valence-corrected chi connectivity index (χ3v) is 8.62. The van der Waals surface area contributed by atoms with Crippen LogP contribution in [-0.2, 0) is 20.9 Å². The van der Waals surface area contributed by atoms with E-state index in [0.717, 1.165) is 18.5 Å². The molecule has 2 heterocycles. The van der Waals surface area contributed by atoms with Crippen molar-refractivity contribution >= 4 is 46.4 Å². The second-order valence-corrected chi connectivity index (χ2v) is 13.8. The van der Waals surface area contributed by atoms with Crippen molar-refractivity contribution in [3.8, 4) is 0 Å². The van der Waals surface area contributed by atoms with E-state index in [9.17, 15) is 19.5 Å². The molecule has 1 aromatic carbocycles. The van der Waals surface area contributed by atoms with Crippen LogP contribution in [0.25, 0.3) is 11.2 Å². The normalized spacial score (nSPS) is 13.1. The van der Waals surface area contributed by atoms with E-state index in [1.54, 1.807) is 30.5 Å². The first-order valence-electron chi connectivity index (χ1n) is 17.2. The van der Waals surface area contributed by atoms with Crippen LogP contribution in [0.15, 0.2) is 42.4 Å². The van der Waals surface area contributed by atoms with Crippen molar-refractivity contribution in [3.05, 3.63) is 53.6 Å². The third-order valence-electron chi connectivity index (χ3n) is 8.62. The fourth-order valence-corrected chi connectivity index (χ4v) is 5.21. The molecule has 0 spiro atoms. The number of nitrogens with zero attached hydrogens (tertiary/aromatic N) is 6. The lowest BCUT2D eigenvalue weighted by Gasteiger charge is -2.38. The number of ether oxygens (including phenoxy) is 1. The standard InChI is InChI=1S/C35H54N12O5/c1-21(2)7-8-22(3)52-16-15-35(4,5)47(39)26(17-36)19-40-28(48)14-13-27(33(50)51)43-32(49)23-9-11-25(12-10-23)46(6)20-24-18-41-31-29(42-24)30(37)44-34(38)45-31/h9-12,17-18,21-22,27H,7-8,13-16,19-20,36,39H2,1-6H3,(H,40,48)(H,43,49)(H,50,51)(H4,37,38,41,44,45)/b26-17-. The molecule has 11 N–H and O–H groups in total. The van der Waals surface area contributed by atoms with Gasteiger partial charge in [0.15, 0.2) is 17.0 Å². The monoisotopic (exact) mass is 722 g/mol. The second kappa shape index (κ2) is 18.8. The summed E-state index contributed by atoms with van der Waals surface area (Å²) in [5, 5.41) is 16.5. The van der Waals surface area contributed by atoms with E-state index >= 15 is 0 Å². The molecule has 0 aliphatic rings. The van der Waals surface area contributed by atoms with Crippen molar-refractivity contribution < 1.29 is 24.2 Å². The van der Waals surface area contributed by atoms with Crippen LogP contribution < -0.4 is 38.6 Å². The number of rotatable bonds is 20. The number of nitrogen functional groups attached to an aromatic ring is 2. The Kier molecular flexibility index (Phi) is 14.9. The lowest BCUT2D eigenvalue weighted by molar-refractivity contribution is -0.139.